The van der Waals surface area contributed by atoms with Crippen molar-refractivity contribution in [3.63, 3.8) is 0 Å². The van der Waals surface area contributed by atoms with E-state index in [2.05, 4.69) is 46.8 Å². The number of hydrogen-bond donors (Lipinski definition) is 0. The first kappa shape index (κ1) is 22.2. The van der Waals surface area contributed by atoms with Crippen LogP contribution in [0.15, 0.2) is 12.1 Å². The molecule has 1 aromatic rings. The highest BCUT2D eigenvalue weighted by Gasteiger charge is 2.59. The molecule has 0 heterocycles. The molecule has 29 heavy (non-hydrogen) atoms. The van der Waals surface area contributed by atoms with Gasteiger partial charge in [0.15, 0.2) is 0 Å². The Labute approximate surface area is 177 Å². The van der Waals surface area contributed by atoms with E-state index in [1.807, 2.05) is 0 Å². The number of unbranched alkanes of at least 4 members (excludes halogenated alkanes) is 3. The molecule has 0 amide bonds. The summed E-state index contributed by atoms with van der Waals surface area (Å²) in [5.74, 6) is 3.13. The third-order valence-electron chi connectivity index (χ3n) is 7.99. The number of rotatable bonds is 9. The highest BCUT2D eigenvalue weighted by atomic mass is 16.5. The topological polar surface area (TPSA) is 35.5 Å². The average molecular weight is 401 g/mol. The van der Waals surface area contributed by atoms with E-state index in [4.69, 9.17) is 9.47 Å². The quantitative estimate of drug-likeness (QED) is 0.434. The third-order valence-corrected chi connectivity index (χ3v) is 7.99. The number of ether oxygens (including phenoxy) is 2. The normalized spacial score (nSPS) is 25.5. The molecule has 162 valence electrons. The van der Waals surface area contributed by atoms with Gasteiger partial charge < -0.3 is 9.47 Å². The summed E-state index contributed by atoms with van der Waals surface area (Å²) in [5, 5.41) is 0. The van der Waals surface area contributed by atoms with Gasteiger partial charge >= 0.3 is 0 Å². The lowest BCUT2D eigenvalue weighted by Crippen LogP contribution is -2.56. The molecule has 3 aliphatic rings. The molecule has 1 aromatic carbocycles. The summed E-state index contributed by atoms with van der Waals surface area (Å²) in [6, 6.07) is 4.42. The van der Waals surface area contributed by atoms with Crippen molar-refractivity contribution in [3.05, 3.63) is 23.3 Å². The van der Waals surface area contributed by atoms with Crippen molar-refractivity contribution in [2.45, 2.75) is 90.9 Å². The van der Waals surface area contributed by atoms with Crippen LogP contribution >= 0.6 is 0 Å². The molecule has 0 aliphatic heterocycles. The van der Waals surface area contributed by atoms with Crippen LogP contribution in [0.3, 0.4) is 0 Å². The summed E-state index contributed by atoms with van der Waals surface area (Å²) in [5.41, 5.74) is 2.51. The first-order chi connectivity index (χ1) is 13.7. The summed E-state index contributed by atoms with van der Waals surface area (Å²) in [4.78, 5) is 12.7. The number of carbonyl (C=O) groups excluding carboxylic acids is 1. The number of fused-ring (bicyclic) bond motifs is 2. The largest absolute Gasteiger partial charge is 0.496 e. The lowest BCUT2D eigenvalue weighted by molar-refractivity contribution is -0.151. The van der Waals surface area contributed by atoms with E-state index in [0.29, 0.717) is 18.1 Å². The Bertz CT molecular complexity index is 721. The Morgan fingerprint density at radius 2 is 1.69 bits per heavy atom. The fourth-order valence-corrected chi connectivity index (χ4v) is 5.83. The van der Waals surface area contributed by atoms with Gasteiger partial charge in [0.05, 0.1) is 14.2 Å². The van der Waals surface area contributed by atoms with E-state index in [1.165, 1.54) is 31.2 Å². The molecule has 3 heteroatoms. The standard InChI is InChI=1S/C26H40O3/c1-8-9-10-11-12-25(2,3)17-13-22(28-6)24(23(14-17)29-7)18-15-21(27)20-16-19(18)26(20,4)5/h13-14,18-20H,8-12,15-16H2,1-7H3/t18-,19-,20?/m0/s1. The van der Waals surface area contributed by atoms with Crippen LogP contribution in [-0.4, -0.2) is 20.0 Å². The zero-order chi connectivity index (χ0) is 21.4. The maximum atomic E-state index is 12.7. The van der Waals surface area contributed by atoms with Crippen molar-refractivity contribution in [1.82, 2.24) is 0 Å². The smallest absolute Gasteiger partial charge is 0.137 e. The summed E-state index contributed by atoms with van der Waals surface area (Å²) in [6.07, 6.45) is 7.86. The highest BCUT2D eigenvalue weighted by Crippen LogP contribution is 2.64. The maximum absolute atomic E-state index is 12.7. The zero-order valence-corrected chi connectivity index (χ0v) is 19.6. The minimum atomic E-state index is 0.0655. The Balaban J connectivity index is 1.94. The minimum Gasteiger partial charge on any atom is -0.496 e. The molecule has 3 aliphatic carbocycles. The van der Waals surface area contributed by atoms with E-state index in [9.17, 15) is 4.79 Å². The predicted molar refractivity (Wildman–Crippen MR) is 119 cm³/mol. The molecule has 1 unspecified atom stereocenters. The maximum Gasteiger partial charge on any atom is 0.137 e. The van der Waals surface area contributed by atoms with Crippen LogP contribution in [0.1, 0.15) is 96.6 Å². The number of methoxy groups -OCH3 is 2. The molecule has 3 saturated carbocycles. The number of hydrogen-bond acceptors (Lipinski definition) is 3. The highest BCUT2D eigenvalue weighted by molar-refractivity contribution is 5.86. The number of benzene rings is 1. The molecule has 0 radical (unpaired) electrons. The van der Waals surface area contributed by atoms with Gasteiger partial charge in [0.25, 0.3) is 0 Å². The number of carbonyl (C=O) groups is 1. The Morgan fingerprint density at radius 1 is 1.07 bits per heavy atom. The van der Waals surface area contributed by atoms with Crippen molar-refractivity contribution in [2.24, 2.45) is 17.3 Å². The van der Waals surface area contributed by atoms with Crippen molar-refractivity contribution < 1.29 is 14.3 Å². The predicted octanol–water partition coefficient (Wildman–Crippen LogP) is 6.67. The van der Waals surface area contributed by atoms with Crippen molar-refractivity contribution in [2.75, 3.05) is 14.2 Å². The van der Waals surface area contributed by atoms with Crippen LogP contribution in [0.5, 0.6) is 11.5 Å². The van der Waals surface area contributed by atoms with Crippen molar-refractivity contribution in [1.29, 1.82) is 0 Å². The zero-order valence-electron chi connectivity index (χ0n) is 19.6. The van der Waals surface area contributed by atoms with Gasteiger partial charge in [0.1, 0.15) is 17.3 Å². The Morgan fingerprint density at radius 3 is 2.17 bits per heavy atom. The third kappa shape index (κ3) is 3.94. The van der Waals surface area contributed by atoms with E-state index >= 15 is 0 Å². The Hall–Kier alpha value is -1.51. The van der Waals surface area contributed by atoms with Gasteiger partial charge in [0, 0.05) is 23.8 Å². The lowest BCUT2D eigenvalue weighted by atomic mass is 9.44. The summed E-state index contributed by atoms with van der Waals surface area (Å²) in [7, 11) is 3.49. The van der Waals surface area contributed by atoms with Crippen LogP contribution in [0.2, 0.25) is 0 Å². The van der Waals surface area contributed by atoms with Crippen LogP contribution in [0, 0.1) is 17.3 Å². The monoisotopic (exact) mass is 400 g/mol. The van der Waals surface area contributed by atoms with Crippen LogP contribution < -0.4 is 9.47 Å². The van der Waals surface area contributed by atoms with Gasteiger partial charge in [-0.05, 0) is 47.3 Å². The van der Waals surface area contributed by atoms with E-state index in [0.717, 1.165) is 29.9 Å². The van der Waals surface area contributed by atoms with E-state index < -0.39 is 0 Å². The Kier molecular flexibility index (Phi) is 6.36. The summed E-state index contributed by atoms with van der Waals surface area (Å²) >= 11 is 0. The summed E-state index contributed by atoms with van der Waals surface area (Å²) < 4.78 is 11.8. The molecule has 0 aromatic heterocycles. The fourth-order valence-electron chi connectivity index (χ4n) is 5.83. The molecule has 3 fully saturated rings. The van der Waals surface area contributed by atoms with Crippen LogP contribution in [0.4, 0.5) is 0 Å². The lowest BCUT2D eigenvalue weighted by Gasteiger charge is -2.59. The molecule has 0 N–H and O–H groups in total. The van der Waals surface area contributed by atoms with Gasteiger partial charge in [-0.1, -0.05) is 60.3 Å². The van der Waals surface area contributed by atoms with Gasteiger partial charge in [-0.25, -0.2) is 0 Å². The second-order valence-electron chi connectivity index (χ2n) is 10.5. The molecular formula is C26H40O3. The molecular weight excluding hydrogens is 360 g/mol. The van der Waals surface area contributed by atoms with E-state index in [-0.39, 0.29) is 22.7 Å². The molecule has 0 saturated heterocycles. The molecule has 0 spiro atoms. The van der Waals surface area contributed by atoms with Gasteiger partial charge in [-0.15, -0.1) is 0 Å². The van der Waals surface area contributed by atoms with Gasteiger partial charge in [0.2, 0.25) is 0 Å². The second kappa shape index (κ2) is 8.32. The average Bonchev–Trinajstić information content (AvgIpc) is 2.69. The first-order valence-corrected chi connectivity index (χ1v) is 11.5. The number of ketones is 1. The van der Waals surface area contributed by atoms with Crippen LogP contribution in [-0.2, 0) is 10.2 Å². The molecule has 2 bridgehead atoms. The van der Waals surface area contributed by atoms with Crippen molar-refractivity contribution in [3.8, 4) is 11.5 Å². The molecule has 3 atom stereocenters. The SMILES string of the molecule is CCCCCCC(C)(C)c1cc(OC)c([C@H]2CC(=O)C3C[C@@H]2C3(C)C)c(OC)c1. The minimum absolute atomic E-state index is 0.0655. The second-order valence-corrected chi connectivity index (χ2v) is 10.5. The first-order valence-electron chi connectivity index (χ1n) is 11.5. The van der Waals surface area contributed by atoms with Crippen LogP contribution in [0.25, 0.3) is 0 Å². The molecule has 3 nitrogen and oxygen atoms in total. The van der Waals surface area contributed by atoms with Crippen molar-refractivity contribution >= 4 is 5.78 Å². The molecule has 4 rings (SSSR count). The fraction of sp³-hybridized carbons (Fsp3) is 0.731. The van der Waals surface area contributed by atoms with Gasteiger partial charge in [-0.3, -0.25) is 4.79 Å². The van der Waals surface area contributed by atoms with E-state index in [1.54, 1.807) is 14.2 Å². The van der Waals surface area contributed by atoms with Gasteiger partial charge in [-0.2, -0.15) is 0 Å². The summed E-state index contributed by atoms with van der Waals surface area (Å²) in [6.45, 7) is 11.4. The number of Topliss-reactive ketones (excluding diaryl/α,β-unsaturated/α-hetero) is 1.